The van der Waals surface area contributed by atoms with Crippen LogP contribution in [0.1, 0.15) is 33.1 Å². The molecule has 0 aromatic carbocycles. The summed E-state index contributed by atoms with van der Waals surface area (Å²) in [6.45, 7) is 7.70. The minimum atomic E-state index is -3.53. The quantitative estimate of drug-likeness (QED) is 0.267. The predicted octanol–water partition coefficient (Wildman–Crippen LogP) is 1.12. The molecule has 0 bridgehead atoms. The number of unbranched alkanes of at least 4 members (excludes halogenated alkanes) is 1. The molecule has 1 aromatic rings. The van der Waals surface area contributed by atoms with Crippen LogP contribution in [0, 0.1) is 0 Å². The molecule has 1 aromatic heterocycles. The van der Waals surface area contributed by atoms with Crippen LogP contribution in [0.25, 0.3) is 0 Å². The number of aliphatic imine (C=N–C) groups is 1. The van der Waals surface area contributed by atoms with Crippen molar-refractivity contribution < 1.29 is 13.2 Å². The molecule has 148 valence electrons. The van der Waals surface area contributed by atoms with Crippen molar-refractivity contribution in [1.82, 2.24) is 20.3 Å². The third-order valence-electron chi connectivity index (χ3n) is 3.36. The van der Waals surface area contributed by atoms with Gasteiger partial charge in [0.15, 0.2) is 5.96 Å². The Morgan fingerprint density at radius 2 is 2.00 bits per heavy atom. The van der Waals surface area contributed by atoms with E-state index in [1.165, 1.54) is 18.5 Å². The Bertz CT molecular complexity index is 608. The summed E-state index contributed by atoms with van der Waals surface area (Å²) in [6, 6.07) is 3.10. The van der Waals surface area contributed by atoms with Gasteiger partial charge in [0.05, 0.1) is 0 Å². The molecule has 0 amide bonds. The molecule has 0 radical (unpaired) electrons. The number of aromatic nitrogens is 1. The second-order valence-corrected chi connectivity index (χ2v) is 7.36. The average molecular weight is 386 g/mol. The molecule has 0 unspecified atom stereocenters. The molecule has 1 rings (SSSR count). The van der Waals surface area contributed by atoms with Crippen LogP contribution in [0.2, 0.25) is 0 Å². The standard InChI is InChI=1S/C17H31N5O3S/c1-3-5-13-25-14-7-10-20-17(19-4-2)21-11-12-22-26(23,24)16-8-6-9-18-15-16/h6,8-9,15,22H,3-5,7,10-14H2,1-2H3,(H2,19,20,21). The van der Waals surface area contributed by atoms with E-state index in [1.807, 2.05) is 6.92 Å². The maximum absolute atomic E-state index is 12.1. The molecule has 0 saturated heterocycles. The molecule has 0 aliphatic rings. The van der Waals surface area contributed by atoms with Crippen molar-refractivity contribution in [3.8, 4) is 0 Å². The van der Waals surface area contributed by atoms with E-state index in [4.69, 9.17) is 4.74 Å². The number of pyridine rings is 1. The summed E-state index contributed by atoms with van der Waals surface area (Å²) in [5.41, 5.74) is 0. The maximum Gasteiger partial charge on any atom is 0.242 e. The molecule has 0 aliphatic heterocycles. The number of rotatable bonds is 13. The summed E-state index contributed by atoms with van der Waals surface area (Å²) < 4.78 is 32.2. The van der Waals surface area contributed by atoms with Gasteiger partial charge in [-0.25, -0.2) is 13.1 Å². The van der Waals surface area contributed by atoms with Gasteiger partial charge in [0, 0.05) is 51.8 Å². The molecule has 0 aliphatic carbocycles. The second kappa shape index (κ2) is 13.5. The zero-order valence-electron chi connectivity index (χ0n) is 15.7. The van der Waals surface area contributed by atoms with Crippen molar-refractivity contribution >= 4 is 16.0 Å². The number of guanidine groups is 1. The van der Waals surface area contributed by atoms with Crippen LogP contribution in [0.3, 0.4) is 0 Å². The van der Waals surface area contributed by atoms with E-state index in [0.717, 1.165) is 32.4 Å². The van der Waals surface area contributed by atoms with E-state index >= 15 is 0 Å². The van der Waals surface area contributed by atoms with Gasteiger partial charge in [0.25, 0.3) is 0 Å². The fraction of sp³-hybridized carbons (Fsp3) is 0.647. The molecular formula is C17H31N5O3S. The fourth-order valence-corrected chi connectivity index (χ4v) is 3.00. The number of hydrogen-bond donors (Lipinski definition) is 3. The lowest BCUT2D eigenvalue weighted by atomic mass is 10.4. The van der Waals surface area contributed by atoms with Gasteiger partial charge in [0.1, 0.15) is 4.90 Å². The Morgan fingerprint density at radius 3 is 2.69 bits per heavy atom. The highest BCUT2D eigenvalue weighted by atomic mass is 32.2. The van der Waals surface area contributed by atoms with E-state index in [9.17, 15) is 8.42 Å². The molecular weight excluding hydrogens is 354 g/mol. The summed E-state index contributed by atoms with van der Waals surface area (Å²) >= 11 is 0. The minimum absolute atomic E-state index is 0.156. The Hall–Kier alpha value is -1.71. The molecule has 9 heteroatoms. The smallest absolute Gasteiger partial charge is 0.242 e. The van der Waals surface area contributed by atoms with Crippen molar-refractivity contribution in [1.29, 1.82) is 0 Å². The number of ether oxygens (including phenoxy) is 1. The highest BCUT2D eigenvalue weighted by Gasteiger charge is 2.12. The van der Waals surface area contributed by atoms with Crippen molar-refractivity contribution in [2.45, 2.75) is 38.0 Å². The van der Waals surface area contributed by atoms with Gasteiger partial charge >= 0.3 is 0 Å². The van der Waals surface area contributed by atoms with Crippen LogP contribution >= 0.6 is 0 Å². The number of nitrogens with zero attached hydrogens (tertiary/aromatic N) is 2. The lowest BCUT2D eigenvalue weighted by Crippen LogP contribution is -2.41. The topological polar surface area (TPSA) is 105 Å². The Balaban J connectivity index is 2.29. The lowest BCUT2D eigenvalue weighted by molar-refractivity contribution is 0.130. The predicted molar refractivity (Wildman–Crippen MR) is 104 cm³/mol. The largest absolute Gasteiger partial charge is 0.381 e. The molecule has 8 nitrogen and oxygen atoms in total. The highest BCUT2D eigenvalue weighted by Crippen LogP contribution is 2.04. The van der Waals surface area contributed by atoms with Crippen LogP contribution in [-0.2, 0) is 14.8 Å². The zero-order chi connectivity index (χ0) is 19.1. The molecule has 0 spiro atoms. The first kappa shape index (κ1) is 22.3. The van der Waals surface area contributed by atoms with Gasteiger partial charge in [-0.15, -0.1) is 0 Å². The number of sulfonamides is 1. The normalized spacial score (nSPS) is 12.2. The van der Waals surface area contributed by atoms with E-state index in [-0.39, 0.29) is 11.4 Å². The Kier molecular flexibility index (Phi) is 11.6. The highest BCUT2D eigenvalue weighted by molar-refractivity contribution is 7.89. The van der Waals surface area contributed by atoms with E-state index in [0.29, 0.717) is 25.7 Å². The molecule has 0 atom stereocenters. The number of nitrogens with one attached hydrogen (secondary N) is 3. The summed E-state index contributed by atoms with van der Waals surface area (Å²) in [5, 5.41) is 6.25. The van der Waals surface area contributed by atoms with Crippen molar-refractivity contribution in [3.05, 3.63) is 24.5 Å². The molecule has 3 N–H and O–H groups in total. The van der Waals surface area contributed by atoms with Gasteiger partial charge < -0.3 is 15.4 Å². The minimum Gasteiger partial charge on any atom is -0.381 e. The fourth-order valence-electron chi connectivity index (χ4n) is 2.00. The van der Waals surface area contributed by atoms with Crippen LogP contribution < -0.4 is 15.4 Å². The third-order valence-corrected chi connectivity index (χ3v) is 4.80. The summed E-state index contributed by atoms with van der Waals surface area (Å²) in [6.07, 6.45) is 5.94. The van der Waals surface area contributed by atoms with Gasteiger partial charge in [-0.1, -0.05) is 13.3 Å². The summed E-state index contributed by atoms with van der Waals surface area (Å²) in [7, 11) is -3.53. The van der Waals surface area contributed by atoms with Crippen molar-refractivity contribution in [3.63, 3.8) is 0 Å². The van der Waals surface area contributed by atoms with Gasteiger partial charge in [-0.05, 0) is 31.9 Å². The average Bonchev–Trinajstić information content (AvgIpc) is 2.65. The molecule has 26 heavy (non-hydrogen) atoms. The van der Waals surface area contributed by atoms with E-state index in [2.05, 4.69) is 32.3 Å². The monoisotopic (exact) mass is 385 g/mol. The van der Waals surface area contributed by atoms with Crippen molar-refractivity contribution in [2.75, 3.05) is 39.4 Å². The first-order valence-electron chi connectivity index (χ1n) is 9.09. The lowest BCUT2D eigenvalue weighted by Gasteiger charge is -2.12. The third kappa shape index (κ3) is 9.69. The van der Waals surface area contributed by atoms with Crippen molar-refractivity contribution in [2.24, 2.45) is 4.99 Å². The van der Waals surface area contributed by atoms with Crippen LogP contribution in [-0.4, -0.2) is 58.8 Å². The van der Waals surface area contributed by atoms with Crippen LogP contribution in [0.5, 0.6) is 0 Å². The van der Waals surface area contributed by atoms with Crippen LogP contribution in [0.4, 0.5) is 0 Å². The van der Waals surface area contributed by atoms with Crippen LogP contribution in [0.15, 0.2) is 34.4 Å². The molecule has 1 heterocycles. The van der Waals surface area contributed by atoms with Gasteiger partial charge in [-0.3, -0.25) is 9.98 Å². The maximum atomic E-state index is 12.1. The Labute approximate surface area is 156 Å². The molecule has 0 fully saturated rings. The van der Waals surface area contributed by atoms with Gasteiger partial charge in [-0.2, -0.15) is 0 Å². The summed E-state index contributed by atoms with van der Waals surface area (Å²) in [4.78, 5) is 8.43. The first-order valence-corrected chi connectivity index (χ1v) is 10.6. The SMILES string of the molecule is CCCCOCCCN=C(NCC)NCCNS(=O)(=O)c1cccnc1. The molecule has 0 saturated carbocycles. The van der Waals surface area contributed by atoms with Gasteiger partial charge in [0.2, 0.25) is 10.0 Å². The zero-order valence-corrected chi connectivity index (χ0v) is 16.5. The first-order chi connectivity index (χ1) is 12.6. The second-order valence-electron chi connectivity index (χ2n) is 5.59. The summed E-state index contributed by atoms with van der Waals surface area (Å²) in [5.74, 6) is 0.668. The van der Waals surface area contributed by atoms with E-state index < -0.39 is 10.0 Å². The van der Waals surface area contributed by atoms with E-state index in [1.54, 1.807) is 6.07 Å². The number of hydrogen-bond acceptors (Lipinski definition) is 5. The Morgan fingerprint density at radius 1 is 1.19 bits per heavy atom.